The van der Waals surface area contributed by atoms with Crippen LogP contribution in [0.25, 0.3) is 0 Å². The molecule has 0 aliphatic carbocycles. The summed E-state index contributed by atoms with van der Waals surface area (Å²) in [6, 6.07) is 5.49. The minimum atomic E-state index is -0.0342. The van der Waals surface area contributed by atoms with Crippen molar-refractivity contribution in [3.05, 3.63) is 33.3 Å². The van der Waals surface area contributed by atoms with Crippen LogP contribution in [0.4, 0.5) is 0 Å². The van der Waals surface area contributed by atoms with Gasteiger partial charge >= 0.3 is 0 Å². The molecule has 0 unspecified atom stereocenters. The molecule has 18 heavy (non-hydrogen) atoms. The van der Waals surface area contributed by atoms with Crippen LogP contribution in [0, 0.1) is 0 Å². The van der Waals surface area contributed by atoms with E-state index in [1.54, 1.807) is 18.2 Å². The zero-order valence-electron chi connectivity index (χ0n) is 10.2. The fourth-order valence-electron chi connectivity index (χ4n) is 2.09. The molecule has 0 aromatic heterocycles. The largest absolute Gasteiger partial charge is 0.349 e. The summed E-state index contributed by atoms with van der Waals surface area (Å²) in [7, 11) is 2.10. The second-order valence-corrected chi connectivity index (χ2v) is 5.97. The Morgan fingerprint density at radius 2 is 2.11 bits per heavy atom. The van der Waals surface area contributed by atoms with Crippen LogP contribution in [0.15, 0.2) is 22.7 Å². The van der Waals surface area contributed by atoms with Gasteiger partial charge in [-0.15, -0.1) is 0 Å². The lowest BCUT2D eigenvalue weighted by molar-refractivity contribution is 0.0916. The molecule has 5 heteroatoms. The Hall–Kier alpha value is -0.580. The number of piperidine rings is 1. The molecule has 0 bridgehead atoms. The first-order valence-electron chi connectivity index (χ1n) is 6.00. The van der Waals surface area contributed by atoms with Gasteiger partial charge in [-0.3, -0.25) is 4.79 Å². The monoisotopic (exact) mass is 330 g/mol. The fraction of sp³-hybridized carbons (Fsp3) is 0.462. The molecule has 0 saturated carbocycles. The lowest BCUT2D eigenvalue weighted by Crippen LogP contribution is -2.43. The van der Waals surface area contributed by atoms with Crippen molar-refractivity contribution in [2.24, 2.45) is 0 Å². The average Bonchev–Trinajstić information content (AvgIpc) is 2.32. The van der Waals surface area contributed by atoms with Crippen LogP contribution >= 0.6 is 27.5 Å². The van der Waals surface area contributed by atoms with Gasteiger partial charge in [0.1, 0.15) is 0 Å². The number of carbonyl (C=O) groups excluding carboxylic acids is 1. The van der Waals surface area contributed by atoms with Crippen molar-refractivity contribution in [2.75, 3.05) is 20.1 Å². The summed E-state index contributed by atoms with van der Waals surface area (Å²) >= 11 is 9.23. The molecule has 1 amide bonds. The number of hydrogen-bond acceptors (Lipinski definition) is 2. The summed E-state index contributed by atoms with van der Waals surface area (Å²) in [6.07, 6.45) is 2.01. The Labute approximate surface area is 121 Å². The third-order valence-corrected chi connectivity index (χ3v) is 4.12. The van der Waals surface area contributed by atoms with Gasteiger partial charge < -0.3 is 10.2 Å². The summed E-state index contributed by atoms with van der Waals surface area (Å²) in [5, 5.41) is 3.70. The second kappa shape index (κ2) is 6.04. The highest BCUT2D eigenvalue weighted by Crippen LogP contribution is 2.22. The van der Waals surface area contributed by atoms with E-state index in [4.69, 9.17) is 11.6 Å². The van der Waals surface area contributed by atoms with Crippen LogP contribution in [0.3, 0.4) is 0 Å². The van der Waals surface area contributed by atoms with Crippen molar-refractivity contribution in [1.29, 1.82) is 0 Å². The lowest BCUT2D eigenvalue weighted by atomic mass is 10.0. The van der Waals surface area contributed by atoms with Gasteiger partial charge in [0.25, 0.3) is 5.91 Å². The molecule has 1 aliphatic rings. The van der Waals surface area contributed by atoms with Gasteiger partial charge in [0.15, 0.2) is 0 Å². The molecule has 98 valence electrons. The standard InChI is InChI=1S/C13H16BrClN2O/c1-17-6-4-10(5-7-17)16-13(18)11-3-2-9(15)8-12(11)14/h2-3,8,10H,4-7H2,1H3,(H,16,18). The molecule has 1 aliphatic heterocycles. The van der Waals surface area contributed by atoms with E-state index >= 15 is 0 Å². The third-order valence-electron chi connectivity index (χ3n) is 3.23. The quantitative estimate of drug-likeness (QED) is 0.904. The molecule has 1 heterocycles. The van der Waals surface area contributed by atoms with Crippen molar-refractivity contribution in [3.8, 4) is 0 Å². The summed E-state index contributed by atoms with van der Waals surface area (Å²) in [6.45, 7) is 2.07. The highest BCUT2D eigenvalue weighted by Gasteiger charge is 2.20. The predicted octanol–water partition coefficient (Wildman–Crippen LogP) is 2.93. The van der Waals surface area contributed by atoms with Crippen molar-refractivity contribution in [3.63, 3.8) is 0 Å². The van der Waals surface area contributed by atoms with Gasteiger partial charge in [0.2, 0.25) is 0 Å². The van der Waals surface area contributed by atoms with Gasteiger partial charge in [-0.25, -0.2) is 0 Å². The van der Waals surface area contributed by atoms with Crippen molar-refractivity contribution < 1.29 is 4.79 Å². The van der Waals surface area contributed by atoms with E-state index < -0.39 is 0 Å². The molecule has 3 nitrogen and oxygen atoms in total. The van der Waals surface area contributed by atoms with E-state index in [1.165, 1.54) is 0 Å². The molecular formula is C13H16BrClN2O. The molecule has 0 spiro atoms. The SMILES string of the molecule is CN1CCC(NC(=O)c2ccc(Cl)cc2Br)CC1. The minimum Gasteiger partial charge on any atom is -0.349 e. The van der Waals surface area contributed by atoms with Gasteiger partial charge in [-0.2, -0.15) is 0 Å². The normalized spacial score (nSPS) is 17.7. The molecule has 1 N–H and O–H groups in total. The molecule has 2 rings (SSSR count). The topological polar surface area (TPSA) is 32.3 Å². The van der Waals surface area contributed by atoms with Crippen LogP contribution in [-0.4, -0.2) is 37.0 Å². The summed E-state index contributed by atoms with van der Waals surface area (Å²) in [4.78, 5) is 14.4. The first kappa shape index (κ1) is 13.8. The Bertz CT molecular complexity index is 445. The summed E-state index contributed by atoms with van der Waals surface area (Å²) < 4.78 is 0.737. The highest BCUT2D eigenvalue weighted by atomic mass is 79.9. The summed E-state index contributed by atoms with van der Waals surface area (Å²) in [5.41, 5.74) is 0.637. The lowest BCUT2D eigenvalue weighted by Gasteiger charge is -2.29. The molecule has 1 fully saturated rings. The van der Waals surface area contributed by atoms with Gasteiger partial charge in [-0.05, 0) is 67.1 Å². The van der Waals surface area contributed by atoms with Crippen LogP contribution in [-0.2, 0) is 0 Å². The highest BCUT2D eigenvalue weighted by molar-refractivity contribution is 9.10. The smallest absolute Gasteiger partial charge is 0.252 e. The number of rotatable bonds is 2. The van der Waals surface area contributed by atoms with Crippen LogP contribution in [0.5, 0.6) is 0 Å². The molecule has 0 atom stereocenters. The Morgan fingerprint density at radius 3 is 2.72 bits per heavy atom. The Balaban J connectivity index is 1.99. The maximum absolute atomic E-state index is 12.1. The van der Waals surface area contributed by atoms with Crippen LogP contribution < -0.4 is 5.32 Å². The van der Waals surface area contributed by atoms with E-state index in [2.05, 4.69) is 33.2 Å². The van der Waals surface area contributed by atoms with Crippen molar-refractivity contribution in [2.45, 2.75) is 18.9 Å². The number of likely N-dealkylation sites (tertiary alicyclic amines) is 1. The number of nitrogens with one attached hydrogen (secondary N) is 1. The van der Waals surface area contributed by atoms with Crippen LogP contribution in [0.1, 0.15) is 23.2 Å². The maximum atomic E-state index is 12.1. The predicted molar refractivity (Wildman–Crippen MR) is 77.1 cm³/mol. The van der Waals surface area contributed by atoms with E-state index in [0.717, 1.165) is 30.4 Å². The van der Waals surface area contributed by atoms with Gasteiger partial charge in [-0.1, -0.05) is 11.6 Å². The third kappa shape index (κ3) is 3.46. The van der Waals surface area contributed by atoms with E-state index in [1.807, 2.05) is 0 Å². The Kier molecular flexibility index (Phi) is 4.65. The molecule has 0 radical (unpaired) electrons. The number of benzene rings is 1. The minimum absolute atomic E-state index is 0.0342. The van der Waals surface area contributed by atoms with E-state index in [-0.39, 0.29) is 11.9 Å². The maximum Gasteiger partial charge on any atom is 0.252 e. The molecular weight excluding hydrogens is 316 g/mol. The number of carbonyl (C=O) groups is 1. The van der Waals surface area contributed by atoms with E-state index in [0.29, 0.717) is 10.6 Å². The number of amides is 1. The number of nitrogens with zero attached hydrogens (tertiary/aromatic N) is 1. The molecule has 1 saturated heterocycles. The molecule has 1 aromatic carbocycles. The number of halogens is 2. The average molecular weight is 332 g/mol. The van der Waals surface area contributed by atoms with Crippen molar-refractivity contribution in [1.82, 2.24) is 10.2 Å². The molecule has 1 aromatic rings. The number of hydrogen-bond donors (Lipinski definition) is 1. The second-order valence-electron chi connectivity index (χ2n) is 4.68. The zero-order valence-corrected chi connectivity index (χ0v) is 12.6. The summed E-state index contributed by atoms with van der Waals surface area (Å²) in [5.74, 6) is -0.0342. The van der Waals surface area contributed by atoms with Crippen LogP contribution in [0.2, 0.25) is 5.02 Å². The van der Waals surface area contributed by atoms with Crippen molar-refractivity contribution >= 4 is 33.4 Å². The van der Waals surface area contributed by atoms with Gasteiger partial charge in [0, 0.05) is 15.5 Å². The first-order chi connectivity index (χ1) is 8.56. The Morgan fingerprint density at radius 1 is 1.44 bits per heavy atom. The fourth-order valence-corrected chi connectivity index (χ4v) is 2.95. The van der Waals surface area contributed by atoms with E-state index in [9.17, 15) is 4.79 Å². The van der Waals surface area contributed by atoms with Gasteiger partial charge in [0.05, 0.1) is 5.56 Å². The zero-order chi connectivity index (χ0) is 13.1. The first-order valence-corrected chi connectivity index (χ1v) is 7.18.